The molecule has 0 aliphatic heterocycles. The molecule has 1 unspecified atom stereocenters. The number of hydrogen-bond acceptors (Lipinski definition) is 3. The SMILES string of the molecule is COC(C)C(=O)NCc1ccc(C#CCO)cc1. The van der Waals surface area contributed by atoms with Gasteiger partial charge in [-0.3, -0.25) is 4.79 Å². The number of ether oxygens (including phenoxy) is 1. The number of hydrogen-bond donors (Lipinski definition) is 2. The minimum atomic E-state index is -0.445. The number of carbonyl (C=O) groups excluding carboxylic acids is 1. The molecule has 1 amide bonds. The average Bonchev–Trinajstić information content (AvgIpc) is 2.42. The third-order valence-corrected chi connectivity index (χ3v) is 2.46. The fourth-order valence-electron chi connectivity index (χ4n) is 1.29. The molecule has 0 saturated carbocycles. The lowest BCUT2D eigenvalue weighted by Gasteiger charge is -2.10. The topological polar surface area (TPSA) is 58.6 Å². The van der Waals surface area contributed by atoms with Crippen molar-refractivity contribution >= 4 is 5.91 Å². The fourth-order valence-corrected chi connectivity index (χ4v) is 1.29. The molecule has 0 heterocycles. The van der Waals surface area contributed by atoms with E-state index in [0.29, 0.717) is 6.54 Å². The normalized spacial score (nSPS) is 11.3. The number of rotatable bonds is 4. The van der Waals surface area contributed by atoms with E-state index in [2.05, 4.69) is 17.2 Å². The van der Waals surface area contributed by atoms with Crippen LogP contribution in [0.5, 0.6) is 0 Å². The van der Waals surface area contributed by atoms with Gasteiger partial charge in [-0.2, -0.15) is 0 Å². The molecule has 1 aromatic carbocycles. The lowest BCUT2D eigenvalue weighted by molar-refractivity contribution is -0.130. The van der Waals surface area contributed by atoms with Crippen molar-refractivity contribution in [2.24, 2.45) is 0 Å². The molecule has 0 fully saturated rings. The van der Waals surface area contributed by atoms with Crippen molar-refractivity contribution < 1.29 is 14.6 Å². The molecular formula is C14H17NO3. The maximum atomic E-state index is 11.5. The van der Waals surface area contributed by atoms with E-state index in [1.165, 1.54) is 7.11 Å². The summed E-state index contributed by atoms with van der Waals surface area (Å²) in [4.78, 5) is 11.5. The van der Waals surface area contributed by atoms with Crippen LogP contribution >= 0.6 is 0 Å². The van der Waals surface area contributed by atoms with Crippen LogP contribution in [-0.4, -0.2) is 30.8 Å². The molecule has 1 aromatic rings. The van der Waals surface area contributed by atoms with E-state index in [-0.39, 0.29) is 12.5 Å². The number of carbonyl (C=O) groups is 1. The lowest BCUT2D eigenvalue weighted by Crippen LogP contribution is -2.33. The van der Waals surface area contributed by atoms with Crippen LogP contribution in [0.3, 0.4) is 0 Å². The maximum absolute atomic E-state index is 11.5. The highest BCUT2D eigenvalue weighted by atomic mass is 16.5. The van der Waals surface area contributed by atoms with Gasteiger partial charge in [0.05, 0.1) is 0 Å². The first-order valence-corrected chi connectivity index (χ1v) is 5.66. The zero-order valence-electron chi connectivity index (χ0n) is 10.6. The Morgan fingerprint density at radius 3 is 2.67 bits per heavy atom. The molecule has 1 atom stereocenters. The standard InChI is InChI=1S/C14H17NO3/c1-11(18-2)14(17)15-10-13-7-5-12(6-8-13)4-3-9-16/h5-8,11,16H,9-10H2,1-2H3,(H,15,17). The van der Waals surface area contributed by atoms with Gasteiger partial charge in [0.25, 0.3) is 0 Å². The number of aliphatic hydroxyl groups is 1. The minimum Gasteiger partial charge on any atom is -0.384 e. The Morgan fingerprint density at radius 2 is 2.11 bits per heavy atom. The summed E-state index contributed by atoms with van der Waals surface area (Å²) >= 11 is 0. The second kappa shape index (κ2) is 7.49. The van der Waals surface area contributed by atoms with Crippen LogP contribution in [-0.2, 0) is 16.1 Å². The van der Waals surface area contributed by atoms with Crippen molar-refractivity contribution in [1.82, 2.24) is 5.32 Å². The molecule has 0 aromatic heterocycles. The lowest BCUT2D eigenvalue weighted by atomic mass is 10.1. The molecule has 0 aliphatic rings. The molecule has 0 saturated heterocycles. The third-order valence-electron chi connectivity index (χ3n) is 2.46. The molecule has 0 spiro atoms. The number of nitrogens with one attached hydrogen (secondary N) is 1. The van der Waals surface area contributed by atoms with Gasteiger partial charge < -0.3 is 15.2 Å². The van der Waals surface area contributed by atoms with Gasteiger partial charge in [0.15, 0.2) is 0 Å². The van der Waals surface area contributed by atoms with Crippen LogP contribution < -0.4 is 5.32 Å². The zero-order valence-corrected chi connectivity index (χ0v) is 10.6. The molecule has 0 aliphatic carbocycles. The fraction of sp³-hybridized carbons (Fsp3) is 0.357. The Balaban J connectivity index is 2.51. The van der Waals surface area contributed by atoms with Crippen molar-refractivity contribution in [3.05, 3.63) is 35.4 Å². The predicted molar refractivity (Wildman–Crippen MR) is 68.7 cm³/mol. The van der Waals surface area contributed by atoms with Crippen LogP contribution in [0.1, 0.15) is 18.1 Å². The monoisotopic (exact) mass is 247 g/mol. The summed E-state index contributed by atoms with van der Waals surface area (Å²) in [5.74, 6) is 5.25. The Kier molecular flexibility index (Phi) is 5.92. The zero-order chi connectivity index (χ0) is 13.4. The van der Waals surface area contributed by atoms with E-state index in [9.17, 15) is 4.79 Å². The Labute approximate surface area is 107 Å². The van der Waals surface area contributed by atoms with Crippen molar-refractivity contribution in [3.63, 3.8) is 0 Å². The molecule has 0 bridgehead atoms. The van der Waals surface area contributed by atoms with Gasteiger partial charge in [-0.25, -0.2) is 0 Å². The highest BCUT2D eigenvalue weighted by molar-refractivity contribution is 5.80. The second-order valence-electron chi connectivity index (χ2n) is 3.75. The quantitative estimate of drug-likeness (QED) is 0.769. The van der Waals surface area contributed by atoms with Crippen molar-refractivity contribution in [3.8, 4) is 11.8 Å². The molecule has 1 rings (SSSR count). The summed E-state index contributed by atoms with van der Waals surface area (Å²) in [5.41, 5.74) is 1.82. The van der Waals surface area contributed by atoms with E-state index in [1.807, 2.05) is 24.3 Å². The van der Waals surface area contributed by atoms with Crippen LogP contribution in [0.4, 0.5) is 0 Å². The van der Waals surface area contributed by atoms with E-state index < -0.39 is 6.10 Å². The number of aliphatic hydroxyl groups excluding tert-OH is 1. The largest absolute Gasteiger partial charge is 0.384 e. The summed E-state index contributed by atoms with van der Waals surface area (Å²) in [6.45, 7) is 2.01. The second-order valence-corrected chi connectivity index (χ2v) is 3.75. The highest BCUT2D eigenvalue weighted by Gasteiger charge is 2.10. The van der Waals surface area contributed by atoms with E-state index in [1.54, 1.807) is 6.92 Å². The Bertz CT molecular complexity index is 442. The van der Waals surface area contributed by atoms with Crippen molar-refractivity contribution in [1.29, 1.82) is 0 Å². The van der Waals surface area contributed by atoms with E-state index >= 15 is 0 Å². The summed E-state index contributed by atoms with van der Waals surface area (Å²) in [6, 6.07) is 7.48. The Morgan fingerprint density at radius 1 is 1.44 bits per heavy atom. The number of amides is 1. The minimum absolute atomic E-state index is 0.137. The predicted octanol–water partition coefficient (Wildman–Crippen LogP) is 0.681. The Hall–Kier alpha value is -1.83. The smallest absolute Gasteiger partial charge is 0.249 e. The van der Waals surface area contributed by atoms with Crippen LogP contribution in [0.2, 0.25) is 0 Å². The maximum Gasteiger partial charge on any atom is 0.249 e. The van der Waals surface area contributed by atoms with Gasteiger partial charge in [-0.1, -0.05) is 24.0 Å². The number of benzene rings is 1. The van der Waals surface area contributed by atoms with Gasteiger partial charge in [0.1, 0.15) is 12.7 Å². The van der Waals surface area contributed by atoms with Gasteiger partial charge in [0.2, 0.25) is 5.91 Å². The molecule has 0 radical (unpaired) electrons. The van der Waals surface area contributed by atoms with E-state index in [4.69, 9.17) is 9.84 Å². The number of methoxy groups -OCH3 is 1. The average molecular weight is 247 g/mol. The van der Waals surface area contributed by atoms with Crippen molar-refractivity contribution in [2.75, 3.05) is 13.7 Å². The third kappa shape index (κ3) is 4.58. The summed E-state index contributed by atoms with van der Waals surface area (Å²) in [6.07, 6.45) is -0.445. The first-order chi connectivity index (χ1) is 8.67. The van der Waals surface area contributed by atoms with Crippen LogP contribution in [0.25, 0.3) is 0 Å². The first kappa shape index (κ1) is 14.2. The summed E-state index contributed by atoms with van der Waals surface area (Å²) in [7, 11) is 1.50. The molecule has 4 heteroatoms. The van der Waals surface area contributed by atoms with Crippen LogP contribution in [0.15, 0.2) is 24.3 Å². The van der Waals surface area contributed by atoms with Crippen molar-refractivity contribution in [2.45, 2.75) is 19.6 Å². The van der Waals surface area contributed by atoms with E-state index in [0.717, 1.165) is 11.1 Å². The summed E-state index contributed by atoms with van der Waals surface area (Å²) < 4.78 is 4.91. The summed E-state index contributed by atoms with van der Waals surface area (Å²) in [5, 5.41) is 11.3. The molecule has 18 heavy (non-hydrogen) atoms. The van der Waals surface area contributed by atoms with Gasteiger partial charge in [0, 0.05) is 19.2 Å². The van der Waals surface area contributed by atoms with Gasteiger partial charge in [-0.05, 0) is 24.6 Å². The molecule has 96 valence electrons. The molecule has 2 N–H and O–H groups in total. The molecule has 4 nitrogen and oxygen atoms in total. The van der Waals surface area contributed by atoms with Crippen LogP contribution in [0, 0.1) is 11.8 Å². The molecular weight excluding hydrogens is 230 g/mol. The van der Waals surface area contributed by atoms with Gasteiger partial charge >= 0.3 is 0 Å². The highest BCUT2D eigenvalue weighted by Crippen LogP contribution is 2.03. The van der Waals surface area contributed by atoms with Gasteiger partial charge in [-0.15, -0.1) is 0 Å². The first-order valence-electron chi connectivity index (χ1n) is 5.66.